The smallest absolute Gasteiger partial charge is 0.422 e. The third-order valence-electron chi connectivity index (χ3n) is 5.18. The van der Waals surface area contributed by atoms with Crippen LogP contribution in [-0.4, -0.2) is 42.9 Å². The first-order valence-corrected chi connectivity index (χ1v) is 9.28. The zero-order valence-corrected chi connectivity index (χ0v) is 15.5. The Kier molecular flexibility index (Phi) is 5.18. The molecule has 9 heteroatoms. The van der Waals surface area contributed by atoms with Crippen LogP contribution in [0.3, 0.4) is 0 Å². The molecule has 4 heterocycles. The van der Waals surface area contributed by atoms with Gasteiger partial charge in [0.05, 0.1) is 12.2 Å². The van der Waals surface area contributed by atoms with Gasteiger partial charge in [-0.1, -0.05) is 12.1 Å². The fraction of sp³-hybridized carbons (Fsp3) is 0.400. The van der Waals surface area contributed by atoms with Crippen LogP contribution in [0.5, 0.6) is 5.88 Å². The lowest BCUT2D eigenvalue weighted by molar-refractivity contribution is -0.154. The minimum Gasteiger partial charge on any atom is -0.468 e. The van der Waals surface area contributed by atoms with Crippen LogP contribution in [0.1, 0.15) is 28.8 Å². The molecule has 0 saturated carbocycles. The van der Waals surface area contributed by atoms with Crippen LogP contribution in [-0.2, 0) is 10.3 Å². The second kappa shape index (κ2) is 7.64. The number of carbonyl (C=O) groups excluding carboxylic acids is 1. The summed E-state index contributed by atoms with van der Waals surface area (Å²) in [6.45, 7) is 0.0469. The number of hydrogen-bond donors (Lipinski definition) is 2. The average Bonchev–Trinajstić information content (AvgIpc) is 2.74. The second-order valence-corrected chi connectivity index (χ2v) is 7.24. The monoisotopic (exact) mass is 407 g/mol. The quantitative estimate of drug-likeness (QED) is 0.796. The number of morpholine rings is 1. The maximum absolute atomic E-state index is 12.3. The molecule has 2 N–H and O–H groups in total. The molecule has 1 amide bonds. The van der Waals surface area contributed by atoms with Gasteiger partial charge in [0.2, 0.25) is 5.88 Å². The SMILES string of the molecule is O=C(Nc1ccc(C23CCC(CO2)NC3)cc1)c1ccc(OCC(F)(F)F)nc1. The van der Waals surface area contributed by atoms with Gasteiger partial charge in [0.25, 0.3) is 5.91 Å². The summed E-state index contributed by atoms with van der Waals surface area (Å²) in [4.78, 5) is 16.1. The van der Waals surface area contributed by atoms with Gasteiger partial charge in [-0.15, -0.1) is 0 Å². The molecule has 0 aliphatic carbocycles. The molecule has 5 rings (SSSR count). The summed E-state index contributed by atoms with van der Waals surface area (Å²) in [5, 5.41) is 6.22. The summed E-state index contributed by atoms with van der Waals surface area (Å²) in [5.74, 6) is -0.611. The number of pyridine rings is 1. The topological polar surface area (TPSA) is 72.5 Å². The van der Waals surface area contributed by atoms with E-state index in [1.807, 2.05) is 12.1 Å². The number of alkyl halides is 3. The van der Waals surface area contributed by atoms with Crippen LogP contribution < -0.4 is 15.4 Å². The molecule has 154 valence electrons. The van der Waals surface area contributed by atoms with E-state index >= 15 is 0 Å². The lowest BCUT2D eigenvalue weighted by atomic mass is 9.81. The van der Waals surface area contributed by atoms with Crippen molar-refractivity contribution in [1.29, 1.82) is 0 Å². The van der Waals surface area contributed by atoms with Gasteiger partial charge in [-0.2, -0.15) is 13.2 Å². The minimum atomic E-state index is -4.44. The normalized spacial score (nSPS) is 23.6. The number of ether oxygens (including phenoxy) is 2. The number of piperidine rings is 1. The van der Waals surface area contributed by atoms with Crippen molar-refractivity contribution in [2.75, 3.05) is 25.1 Å². The highest BCUT2D eigenvalue weighted by molar-refractivity contribution is 6.04. The fourth-order valence-corrected chi connectivity index (χ4v) is 3.58. The van der Waals surface area contributed by atoms with E-state index in [4.69, 9.17) is 4.74 Å². The van der Waals surface area contributed by atoms with E-state index in [9.17, 15) is 18.0 Å². The highest BCUT2D eigenvalue weighted by Gasteiger charge is 2.42. The molecular weight excluding hydrogens is 387 g/mol. The van der Waals surface area contributed by atoms with Crippen LogP contribution in [0.4, 0.5) is 18.9 Å². The predicted molar refractivity (Wildman–Crippen MR) is 98.8 cm³/mol. The number of carbonyl (C=O) groups is 1. The van der Waals surface area contributed by atoms with E-state index in [1.165, 1.54) is 18.3 Å². The first-order valence-electron chi connectivity index (χ1n) is 9.28. The van der Waals surface area contributed by atoms with Crippen LogP contribution in [0.25, 0.3) is 0 Å². The standard InChI is InChI=1S/C20H20F3N3O3/c21-20(22,23)12-28-17-6-1-13(9-24-17)18(27)26-15-4-2-14(3-5-15)19-8-7-16(10-29-19)25-11-19/h1-6,9,16,25H,7-8,10-12H2,(H,26,27). The summed E-state index contributed by atoms with van der Waals surface area (Å²) in [6.07, 6.45) is -1.23. The molecule has 0 spiro atoms. The van der Waals surface area contributed by atoms with E-state index in [1.54, 1.807) is 12.1 Å². The Hall–Kier alpha value is -2.65. The number of halogens is 3. The molecule has 0 radical (unpaired) electrons. The Morgan fingerprint density at radius 1 is 1.28 bits per heavy atom. The highest BCUT2D eigenvalue weighted by atomic mass is 19.4. The number of fused-ring (bicyclic) bond motifs is 3. The van der Waals surface area contributed by atoms with Crippen LogP contribution in [0, 0.1) is 0 Å². The average molecular weight is 407 g/mol. The fourth-order valence-electron chi connectivity index (χ4n) is 3.58. The van der Waals surface area contributed by atoms with Crippen LogP contribution >= 0.6 is 0 Å². The Morgan fingerprint density at radius 2 is 2.07 bits per heavy atom. The Balaban J connectivity index is 1.37. The molecule has 1 aromatic heterocycles. The third kappa shape index (κ3) is 4.51. The van der Waals surface area contributed by atoms with Gasteiger partial charge in [-0.3, -0.25) is 4.79 Å². The molecule has 2 bridgehead atoms. The first kappa shape index (κ1) is 19.7. The van der Waals surface area contributed by atoms with E-state index in [0.29, 0.717) is 18.3 Å². The molecular formula is C20H20F3N3O3. The number of nitrogens with one attached hydrogen (secondary N) is 2. The van der Waals surface area contributed by atoms with Crippen molar-refractivity contribution >= 4 is 11.6 Å². The minimum absolute atomic E-state index is 0.196. The van der Waals surface area contributed by atoms with Gasteiger partial charge in [-0.05, 0) is 36.6 Å². The molecule has 6 nitrogen and oxygen atoms in total. The maximum atomic E-state index is 12.3. The van der Waals surface area contributed by atoms with Crippen molar-refractivity contribution in [3.8, 4) is 5.88 Å². The second-order valence-electron chi connectivity index (χ2n) is 7.24. The van der Waals surface area contributed by atoms with Crippen LogP contribution in [0.15, 0.2) is 42.6 Å². The molecule has 2 unspecified atom stereocenters. The number of amides is 1. The molecule has 2 atom stereocenters. The molecule has 2 aromatic rings. The maximum Gasteiger partial charge on any atom is 0.422 e. The Morgan fingerprint density at radius 3 is 2.62 bits per heavy atom. The summed E-state index contributed by atoms with van der Waals surface area (Å²) in [7, 11) is 0. The van der Waals surface area contributed by atoms with Gasteiger partial charge in [0.15, 0.2) is 6.61 Å². The molecule has 3 aliphatic rings. The lowest BCUT2D eigenvalue weighted by Crippen LogP contribution is -2.57. The molecule has 3 aliphatic heterocycles. The van der Waals surface area contributed by atoms with E-state index in [0.717, 1.165) is 24.9 Å². The van der Waals surface area contributed by atoms with Crippen LogP contribution in [0.2, 0.25) is 0 Å². The lowest BCUT2D eigenvalue weighted by Gasteiger charge is -2.47. The molecule has 3 fully saturated rings. The van der Waals surface area contributed by atoms with E-state index < -0.39 is 18.7 Å². The Labute approximate surface area is 165 Å². The number of aromatic nitrogens is 1. The number of anilines is 1. The summed E-state index contributed by atoms with van der Waals surface area (Å²) < 4.78 is 47.1. The number of hydrogen-bond acceptors (Lipinski definition) is 5. The van der Waals surface area contributed by atoms with Crippen molar-refractivity contribution in [2.45, 2.75) is 30.7 Å². The highest BCUT2D eigenvalue weighted by Crippen LogP contribution is 2.38. The zero-order chi connectivity index (χ0) is 20.5. The predicted octanol–water partition coefficient (Wildman–Crippen LogP) is 3.25. The van der Waals surface area contributed by atoms with Gasteiger partial charge in [0, 0.05) is 30.5 Å². The Bertz CT molecular complexity index is 848. The zero-order valence-electron chi connectivity index (χ0n) is 15.5. The molecule has 29 heavy (non-hydrogen) atoms. The first-order chi connectivity index (χ1) is 13.8. The van der Waals surface area contributed by atoms with Crippen molar-refractivity contribution in [2.24, 2.45) is 0 Å². The number of benzene rings is 1. The summed E-state index contributed by atoms with van der Waals surface area (Å²) in [6, 6.07) is 10.5. The molecule has 1 aromatic carbocycles. The van der Waals surface area contributed by atoms with E-state index in [-0.39, 0.29) is 17.0 Å². The summed E-state index contributed by atoms with van der Waals surface area (Å²) in [5.41, 5.74) is 1.57. The van der Waals surface area contributed by atoms with Crippen molar-refractivity contribution in [3.63, 3.8) is 0 Å². The van der Waals surface area contributed by atoms with Crippen molar-refractivity contribution in [3.05, 3.63) is 53.7 Å². The summed E-state index contributed by atoms with van der Waals surface area (Å²) >= 11 is 0. The third-order valence-corrected chi connectivity index (χ3v) is 5.18. The largest absolute Gasteiger partial charge is 0.468 e. The van der Waals surface area contributed by atoms with Crippen molar-refractivity contribution < 1.29 is 27.4 Å². The van der Waals surface area contributed by atoms with Gasteiger partial charge < -0.3 is 20.1 Å². The number of nitrogens with zero attached hydrogens (tertiary/aromatic N) is 1. The molecule has 3 saturated heterocycles. The van der Waals surface area contributed by atoms with E-state index in [2.05, 4.69) is 20.4 Å². The number of rotatable bonds is 5. The van der Waals surface area contributed by atoms with Gasteiger partial charge in [-0.25, -0.2) is 4.98 Å². The van der Waals surface area contributed by atoms with Gasteiger partial charge in [0.1, 0.15) is 5.60 Å². The van der Waals surface area contributed by atoms with Crippen molar-refractivity contribution in [1.82, 2.24) is 10.3 Å². The van der Waals surface area contributed by atoms with Gasteiger partial charge >= 0.3 is 6.18 Å².